The van der Waals surface area contributed by atoms with Crippen molar-refractivity contribution < 1.29 is 19.1 Å². The standard InChI is InChI=1S/C10H12N2O4/c1-3-8(7-6-11-4-5-12-7)16-10(14)9(13)15-2/h4-6,8H,3H2,1-2H3. The van der Waals surface area contributed by atoms with Gasteiger partial charge >= 0.3 is 11.9 Å². The van der Waals surface area contributed by atoms with E-state index >= 15 is 0 Å². The lowest BCUT2D eigenvalue weighted by Gasteiger charge is -2.13. The lowest BCUT2D eigenvalue weighted by molar-refractivity contribution is -0.169. The first kappa shape index (κ1) is 12.1. The zero-order valence-corrected chi connectivity index (χ0v) is 9.04. The van der Waals surface area contributed by atoms with E-state index in [0.29, 0.717) is 12.1 Å². The highest BCUT2D eigenvalue weighted by Crippen LogP contribution is 2.17. The predicted molar refractivity (Wildman–Crippen MR) is 53.2 cm³/mol. The quantitative estimate of drug-likeness (QED) is 0.554. The minimum Gasteiger partial charge on any atom is -0.461 e. The molecule has 1 unspecified atom stereocenters. The lowest BCUT2D eigenvalue weighted by Crippen LogP contribution is -2.21. The Morgan fingerprint density at radius 3 is 2.62 bits per heavy atom. The normalized spacial score (nSPS) is 11.6. The number of aromatic nitrogens is 2. The number of rotatable bonds is 3. The van der Waals surface area contributed by atoms with E-state index in [4.69, 9.17) is 4.74 Å². The molecule has 0 aromatic carbocycles. The largest absolute Gasteiger partial charge is 0.461 e. The zero-order chi connectivity index (χ0) is 12.0. The maximum Gasteiger partial charge on any atom is 0.418 e. The van der Waals surface area contributed by atoms with Gasteiger partial charge in [0.1, 0.15) is 6.10 Å². The van der Waals surface area contributed by atoms with E-state index in [1.165, 1.54) is 18.6 Å². The summed E-state index contributed by atoms with van der Waals surface area (Å²) in [6, 6.07) is 0. The van der Waals surface area contributed by atoms with Gasteiger partial charge in [0.05, 0.1) is 19.0 Å². The Morgan fingerprint density at radius 1 is 1.38 bits per heavy atom. The third kappa shape index (κ3) is 3.01. The molecule has 0 bridgehead atoms. The summed E-state index contributed by atoms with van der Waals surface area (Å²) in [4.78, 5) is 29.9. The van der Waals surface area contributed by atoms with Crippen LogP contribution in [-0.4, -0.2) is 29.0 Å². The molecule has 0 radical (unpaired) electrons. The molecule has 6 heteroatoms. The molecule has 1 heterocycles. The molecule has 1 atom stereocenters. The molecular formula is C10H12N2O4. The first-order valence-corrected chi connectivity index (χ1v) is 4.73. The van der Waals surface area contributed by atoms with Gasteiger partial charge in [0.2, 0.25) is 0 Å². The van der Waals surface area contributed by atoms with Crippen molar-refractivity contribution >= 4 is 11.9 Å². The number of carbonyl (C=O) groups excluding carboxylic acids is 2. The van der Waals surface area contributed by atoms with Gasteiger partial charge in [0.25, 0.3) is 0 Å². The molecule has 0 fully saturated rings. The molecule has 6 nitrogen and oxygen atoms in total. The fourth-order valence-electron chi connectivity index (χ4n) is 1.09. The van der Waals surface area contributed by atoms with E-state index in [1.54, 1.807) is 0 Å². The van der Waals surface area contributed by atoms with E-state index in [0.717, 1.165) is 7.11 Å². The Bertz CT molecular complexity index is 366. The highest BCUT2D eigenvalue weighted by molar-refractivity contribution is 6.29. The first-order chi connectivity index (χ1) is 7.69. The maximum absolute atomic E-state index is 11.2. The fraction of sp³-hybridized carbons (Fsp3) is 0.400. The van der Waals surface area contributed by atoms with Crippen molar-refractivity contribution in [3.05, 3.63) is 24.3 Å². The van der Waals surface area contributed by atoms with Crippen molar-refractivity contribution in [2.24, 2.45) is 0 Å². The van der Waals surface area contributed by atoms with Gasteiger partial charge in [-0.2, -0.15) is 0 Å². The molecule has 1 aromatic rings. The second kappa shape index (κ2) is 5.79. The summed E-state index contributed by atoms with van der Waals surface area (Å²) < 4.78 is 9.17. The second-order valence-corrected chi connectivity index (χ2v) is 2.92. The van der Waals surface area contributed by atoms with Gasteiger partial charge < -0.3 is 9.47 Å². The number of carbonyl (C=O) groups is 2. The van der Waals surface area contributed by atoms with Gasteiger partial charge in [-0.25, -0.2) is 9.59 Å². The molecule has 0 spiro atoms. The van der Waals surface area contributed by atoms with E-state index in [9.17, 15) is 9.59 Å². The van der Waals surface area contributed by atoms with Crippen LogP contribution in [0.25, 0.3) is 0 Å². The highest BCUT2D eigenvalue weighted by Gasteiger charge is 2.22. The van der Waals surface area contributed by atoms with Crippen LogP contribution >= 0.6 is 0 Å². The fourth-order valence-corrected chi connectivity index (χ4v) is 1.09. The molecule has 0 aliphatic carbocycles. The monoisotopic (exact) mass is 224 g/mol. The van der Waals surface area contributed by atoms with E-state index in [2.05, 4.69) is 14.7 Å². The van der Waals surface area contributed by atoms with Gasteiger partial charge in [-0.3, -0.25) is 9.97 Å². The summed E-state index contributed by atoms with van der Waals surface area (Å²) in [6.07, 6.45) is 4.41. The van der Waals surface area contributed by atoms with Gasteiger partial charge in [-0.1, -0.05) is 6.92 Å². The molecule has 0 amide bonds. The molecule has 86 valence electrons. The van der Waals surface area contributed by atoms with Crippen LogP contribution in [0.15, 0.2) is 18.6 Å². The van der Waals surface area contributed by atoms with Crippen molar-refractivity contribution in [2.45, 2.75) is 19.4 Å². The SMILES string of the molecule is CCC(OC(=O)C(=O)OC)c1cnccn1. The molecule has 0 saturated carbocycles. The van der Waals surface area contributed by atoms with Gasteiger partial charge in [-0.05, 0) is 6.42 Å². The summed E-state index contributed by atoms with van der Waals surface area (Å²) in [5, 5.41) is 0. The van der Waals surface area contributed by atoms with E-state index in [-0.39, 0.29) is 0 Å². The van der Waals surface area contributed by atoms with Gasteiger partial charge in [0, 0.05) is 12.4 Å². The summed E-state index contributed by atoms with van der Waals surface area (Å²) in [7, 11) is 1.12. The molecule has 0 aliphatic heterocycles. The van der Waals surface area contributed by atoms with Crippen molar-refractivity contribution in [1.82, 2.24) is 9.97 Å². The average Bonchev–Trinajstić information content (AvgIpc) is 2.35. The van der Waals surface area contributed by atoms with Crippen LogP contribution in [0.5, 0.6) is 0 Å². The van der Waals surface area contributed by atoms with Crippen molar-refractivity contribution in [1.29, 1.82) is 0 Å². The molecular weight excluding hydrogens is 212 g/mol. The van der Waals surface area contributed by atoms with Crippen LogP contribution in [0.4, 0.5) is 0 Å². The lowest BCUT2D eigenvalue weighted by atomic mass is 10.2. The molecule has 1 rings (SSSR count). The Kier molecular flexibility index (Phi) is 4.38. The average molecular weight is 224 g/mol. The van der Waals surface area contributed by atoms with Crippen LogP contribution in [0.2, 0.25) is 0 Å². The van der Waals surface area contributed by atoms with Crippen LogP contribution < -0.4 is 0 Å². The molecule has 0 aliphatic rings. The van der Waals surface area contributed by atoms with Crippen LogP contribution in [0, 0.1) is 0 Å². The number of hydrogen-bond acceptors (Lipinski definition) is 6. The Hall–Kier alpha value is -1.98. The molecule has 16 heavy (non-hydrogen) atoms. The smallest absolute Gasteiger partial charge is 0.418 e. The number of nitrogens with zero attached hydrogens (tertiary/aromatic N) is 2. The number of methoxy groups -OCH3 is 1. The number of ether oxygens (including phenoxy) is 2. The Labute approximate surface area is 92.6 Å². The van der Waals surface area contributed by atoms with Crippen molar-refractivity contribution in [3.63, 3.8) is 0 Å². The van der Waals surface area contributed by atoms with Gasteiger partial charge in [0.15, 0.2) is 0 Å². The number of esters is 2. The molecule has 0 N–H and O–H groups in total. The van der Waals surface area contributed by atoms with E-state index < -0.39 is 18.0 Å². The predicted octanol–water partition coefficient (Wildman–Crippen LogP) is 0.644. The molecule has 0 saturated heterocycles. The summed E-state index contributed by atoms with van der Waals surface area (Å²) >= 11 is 0. The third-order valence-electron chi connectivity index (χ3n) is 1.89. The minimum atomic E-state index is -1.03. The van der Waals surface area contributed by atoms with Crippen LogP contribution in [-0.2, 0) is 19.1 Å². The summed E-state index contributed by atoms with van der Waals surface area (Å²) in [5.74, 6) is -2.05. The van der Waals surface area contributed by atoms with Gasteiger partial charge in [-0.15, -0.1) is 0 Å². The maximum atomic E-state index is 11.2. The molecule has 1 aromatic heterocycles. The zero-order valence-electron chi connectivity index (χ0n) is 9.04. The Morgan fingerprint density at radius 2 is 2.12 bits per heavy atom. The van der Waals surface area contributed by atoms with E-state index in [1.807, 2.05) is 6.92 Å². The van der Waals surface area contributed by atoms with Crippen molar-refractivity contribution in [3.8, 4) is 0 Å². The Balaban J connectivity index is 2.70. The second-order valence-electron chi connectivity index (χ2n) is 2.92. The minimum absolute atomic E-state index is 0.501. The van der Waals surface area contributed by atoms with Crippen molar-refractivity contribution in [2.75, 3.05) is 7.11 Å². The number of hydrogen-bond donors (Lipinski definition) is 0. The highest BCUT2D eigenvalue weighted by atomic mass is 16.6. The van der Waals surface area contributed by atoms with Crippen LogP contribution in [0.3, 0.4) is 0 Å². The third-order valence-corrected chi connectivity index (χ3v) is 1.89. The van der Waals surface area contributed by atoms with Crippen LogP contribution in [0.1, 0.15) is 25.1 Å². The summed E-state index contributed by atoms with van der Waals surface area (Å²) in [6.45, 7) is 1.81. The first-order valence-electron chi connectivity index (χ1n) is 4.73. The summed E-state index contributed by atoms with van der Waals surface area (Å²) in [5.41, 5.74) is 0.502. The topological polar surface area (TPSA) is 78.4 Å².